The molecular weight excluding hydrogens is 387 g/mol. The van der Waals surface area contributed by atoms with Gasteiger partial charge >= 0.3 is 0 Å². The van der Waals surface area contributed by atoms with Crippen molar-refractivity contribution in [3.8, 4) is 11.3 Å². The number of halogens is 1. The molecule has 0 atom stereocenters. The van der Waals surface area contributed by atoms with Crippen LogP contribution < -0.4 is 11.3 Å². The fourth-order valence-electron chi connectivity index (χ4n) is 3.52. The second-order valence-corrected chi connectivity index (χ2v) is 7.57. The average molecular weight is 402 g/mol. The summed E-state index contributed by atoms with van der Waals surface area (Å²) in [6.45, 7) is 1.90. The van der Waals surface area contributed by atoms with Crippen molar-refractivity contribution in [3.05, 3.63) is 81.2 Å². The Morgan fingerprint density at radius 3 is 2.69 bits per heavy atom. The molecular formula is C22H15FN4OS. The number of nitrogens with two attached hydrogens (primary N) is 1. The van der Waals surface area contributed by atoms with E-state index in [0.29, 0.717) is 16.3 Å². The highest BCUT2D eigenvalue weighted by Crippen LogP contribution is 2.36. The molecule has 2 aromatic carbocycles. The molecule has 1 aliphatic rings. The number of benzene rings is 2. The predicted octanol–water partition coefficient (Wildman–Crippen LogP) is 4.79. The van der Waals surface area contributed by atoms with Gasteiger partial charge in [0.25, 0.3) is 5.56 Å². The van der Waals surface area contributed by atoms with Crippen molar-refractivity contribution in [2.24, 2.45) is 4.99 Å². The van der Waals surface area contributed by atoms with Gasteiger partial charge in [-0.05, 0) is 48.9 Å². The molecule has 0 spiro atoms. The molecule has 3 heterocycles. The molecule has 0 bridgehead atoms. The van der Waals surface area contributed by atoms with E-state index in [9.17, 15) is 9.18 Å². The first-order chi connectivity index (χ1) is 14.0. The fourth-order valence-corrected chi connectivity index (χ4v) is 4.41. The number of thiazole rings is 1. The Morgan fingerprint density at radius 2 is 1.90 bits per heavy atom. The van der Waals surface area contributed by atoms with Gasteiger partial charge in [0.05, 0.1) is 16.9 Å². The van der Waals surface area contributed by atoms with Crippen LogP contribution in [0.3, 0.4) is 0 Å². The molecule has 0 radical (unpaired) electrons. The topological polar surface area (TPSA) is 72.8 Å². The largest absolute Gasteiger partial charge is 0.384 e. The van der Waals surface area contributed by atoms with Crippen molar-refractivity contribution in [2.75, 3.05) is 5.73 Å². The minimum atomic E-state index is -0.389. The Balaban J connectivity index is 1.74. The van der Waals surface area contributed by atoms with Gasteiger partial charge in [-0.25, -0.2) is 4.39 Å². The van der Waals surface area contributed by atoms with Crippen molar-refractivity contribution >= 4 is 45.2 Å². The van der Waals surface area contributed by atoms with Crippen LogP contribution in [-0.4, -0.2) is 15.1 Å². The molecule has 0 fully saturated rings. The smallest absolute Gasteiger partial charge is 0.283 e. The zero-order valence-electron chi connectivity index (χ0n) is 15.4. The molecule has 0 saturated heterocycles. The van der Waals surface area contributed by atoms with Crippen LogP contribution in [0.1, 0.15) is 18.1 Å². The molecule has 0 unspecified atom stereocenters. The monoisotopic (exact) mass is 402 g/mol. The molecule has 0 amide bonds. The zero-order valence-corrected chi connectivity index (χ0v) is 16.2. The third-order valence-corrected chi connectivity index (χ3v) is 5.78. The number of nitrogens with zero attached hydrogens (tertiary/aromatic N) is 3. The first-order valence-electron chi connectivity index (χ1n) is 8.95. The summed E-state index contributed by atoms with van der Waals surface area (Å²) in [4.78, 5) is 22.0. The molecule has 5 nitrogen and oxygen atoms in total. The Morgan fingerprint density at radius 1 is 1.14 bits per heavy atom. The second-order valence-electron chi connectivity index (χ2n) is 6.73. The van der Waals surface area contributed by atoms with Gasteiger partial charge in [0.2, 0.25) is 0 Å². The van der Waals surface area contributed by atoms with E-state index in [0.717, 1.165) is 33.8 Å². The van der Waals surface area contributed by atoms with E-state index in [-0.39, 0.29) is 11.4 Å². The summed E-state index contributed by atoms with van der Waals surface area (Å²) >= 11 is 1.32. The third kappa shape index (κ3) is 2.78. The van der Waals surface area contributed by atoms with Crippen LogP contribution in [0.25, 0.3) is 27.9 Å². The first kappa shape index (κ1) is 17.5. The Labute approximate surface area is 169 Å². The predicted molar refractivity (Wildman–Crippen MR) is 116 cm³/mol. The molecule has 7 heteroatoms. The van der Waals surface area contributed by atoms with E-state index >= 15 is 0 Å². The lowest BCUT2D eigenvalue weighted by Crippen LogP contribution is -2.16. The van der Waals surface area contributed by atoms with Gasteiger partial charge in [0.15, 0.2) is 4.96 Å². The summed E-state index contributed by atoms with van der Waals surface area (Å²) in [5.74, 6) is -0.0171. The van der Waals surface area contributed by atoms with Crippen molar-refractivity contribution in [1.82, 2.24) is 9.38 Å². The van der Waals surface area contributed by atoms with Crippen molar-refractivity contribution < 1.29 is 4.39 Å². The quantitative estimate of drug-likeness (QED) is 0.524. The van der Waals surface area contributed by atoms with Crippen LogP contribution in [0, 0.1) is 5.82 Å². The highest BCUT2D eigenvalue weighted by molar-refractivity contribution is 7.15. The SMILES string of the molecule is CC1=Nc2ccccc2/C1=C/c1c(N)n2c(-c3ccc(F)cc3)csc2nc1=O. The maximum absolute atomic E-state index is 13.3. The summed E-state index contributed by atoms with van der Waals surface area (Å²) in [7, 11) is 0. The van der Waals surface area contributed by atoms with Gasteiger partial charge < -0.3 is 5.73 Å². The summed E-state index contributed by atoms with van der Waals surface area (Å²) in [6.07, 6.45) is 1.76. The molecule has 142 valence electrons. The van der Waals surface area contributed by atoms with E-state index in [1.807, 2.05) is 36.6 Å². The fraction of sp³-hybridized carbons (Fsp3) is 0.0455. The van der Waals surface area contributed by atoms with Gasteiger partial charge in [-0.15, -0.1) is 11.3 Å². The number of para-hydroxylation sites is 1. The van der Waals surface area contributed by atoms with Gasteiger partial charge in [0.1, 0.15) is 11.6 Å². The second kappa shape index (κ2) is 6.49. The van der Waals surface area contributed by atoms with E-state index < -0.39 is 0 Å². The van der Waals surface area contributed by atoms with Crippen LogP contribution in [0.2, 0.25) is 0 Å². The summed E-state index contributed by atoms with van der Waals surface area (Å²) in [6, 6.07) is 13.9. The number of aromatic nitrogens is 2. The highest BCUT2D eigenvalue weighted by Gasteiger charge is 2.20. The average Bonchev–Trinajstić information content (AvgIpc) is 3.26. The summed E-state index contributed by atoms with van der Waals surface area (Å²) < 4.78 is 15.1. The third-order valence-electron chi connectivity index (χ3n) is 4.95. The maximum atomic E-state index is 13.3. The van der Waals surface area contributed by atoms with E-state index in [2.05, 4.69) is 9.98 Å². The van der Waals surface area contributed by atoms with Crippen LogP contribution in [0.5, 0.6) is 0 Å². The van der Waals surface area contributed by atoms with Crippen molar-refractivity contribution in [2.45, 2.75) is 6.92 Å². The molecule has 0 aliphatic carbocycles. The van der Waals surface area contributed by atoms with Gasteiger partial charge in [-0.1, -0.05) is 18.2 Å². The molecule has 0 saturated carbocycles. The Kier molecular flexibility index (Phi) is 3.92. The molecule has 2 aromatic heterocycles. The molecule has 4 aromatic rings. The van der Waals surface area contributed by atoms with E-state index in [4.69, 9.17) is 5.73 Å². The van der Waals surface area contributed by atoms with Crippen LogP contribution >= 0.6 is 11.3 Å². The number of aliphatic imine (C=N–C) groups is 1. The van der Waals surface area contributed by atoms with Gasteiger partial charge in [-0.3, -0.25) is 14.2 Å². The van der Waals surface area contributed by atoms with E-state index in [1.54, 1.807) is 22.6 Å². The Bertz CT molecular complexity index is 1400. The standard InChI is InChI=1S/C22H15FN4OS/c1-12-16(15-4-2-3-5-18(15)25-12)10-17-20(24)27-19(11-29-22(27)26-21(17)28)13-6-8-14(23)9-7-13/h2-11H,24H2,1H3/b16-10+. The van der Waals surface area contributed by atoms with Crippen molar-refractivity contribution in [3.63, 3.8) is 0 Å². The van der Waals surface area contributed by atoms with Crippen molar-refractivity contribution in [1.29, 1.82) is 0 Å². The minimum Gasteiger partial charge on any atom is -0.384 e. The van der Waals surface area contributed by atoms with Crippen LogP contribution in [0.15, 0.2) is 63.7 Å². The number of hydrogen-bond acceptors (Lipinski definition) is 5. The lowest BCUT2D eigenvalue weighted by atomic mass is 10.0. The lowest BCUT2D eigenvalue weighted by Gasteiger charge is -2.09. The normalized spacial score (nSPS) is 14.4. The molecule has 29 heavy (non-hydrogen) atoms. The maximum Gasteiger partial charge on any atom is 0.283 e. The number of allylic oxidation sites excluding steroid dienone is 1. The minimum absolute atomic E-state index is 0.297. The first-order valence-corrected chi connectivity index (χ1v) is 9.83. The lowest BCUT2D eigenvalue weighted by molar-refractivity contribution is 0.628. The highest BCUT2D eigenvalue weighted by atomic mass is 32.1. The van der Waals surface area contributed by atoms with Crippen LogP contribution in [0.4, 0.5) is 15.9 Å². The van der Waals surface area contributed by atoms with Gasteiger partial charge in [-0.2, -0.15) is 4.98 Å². The zero-order chi connectivity index (χ0) is 20.1. The van der Waals surface area contributed by atoms with E-state index in [1.165, 1.54) is 23.5 Å². The number of nitrogen functional groups attached to an aromatic ring is 1. The number of rotatable bonds is 2. The van der Waals surface area contributed by atoms with Crippen LogP contribution in [-0.2, 0) is 0 Å². The number of fused-ring (bicyclic) bond motifs is 2. The molecule has 5 rings (SSSR count). The number of hydrogen-bond donors (Lipinski definition) is 1. The van der Waals surface area contributed by atoms with Gasteiger partial charge in [0, 0.05) is 22.2 Å². The summed E-state index contributed by atoms with van der Waals surface area (Å²) in [5, 5.41) is 1.86. The number of anilines is 1. The molecule has 2 N–H and O–H groups in total. The Hall–Kier alpha value is -3.58. The summed E-state index contributed by atoms with van der Waals surface area (Å²) in [5.41, 5.74) is 11.4. The molecule has 1 aliphatic heterocycles.